The molecule has 4 heteroatoms. The molecular weight excluding hydrogens is 412 g/mol. The lowest BCUT2D eigenvalue weighted by Gasteiger charge is -2.61. The first kappa shape index (κ1) is 24.5. The highest BCUT2D eigenvalue weighted by atomic mass is 28.4. The fourth-order valence-electron chi connectivity index (χ4n) is 9.28. The van der Waals surface area contributed by atoms with Crippen molar-refractivity contribution in [3.63, 3.8) is 0 Å². The molecule has 2 nitrogen and oxygen atoms in total. The van der Waals surface area contributed by atoms with Gasteiger partial charge in [0.15, 0.2) is 16.6 Å². The minimum absolute atomic E-state index is 0.444. The molecule has 6 unspecified atom stereocenters. The van der Waals surface area contributed by atoms with Crippen molar-refractivity contribution in [3.8, 4) is 0 Å². The van der Waals surface area contributed by atoms with E-state index in [0.29, 0.717) is 23.0 Å². The fourth-order valence-corrected chi connectivity index (χ4v) is 11.8. The Bertz CT molecular complexity index is 653. The molecule has 31 heavy (non-hydrogen) atoms. The first-order chi connectivity index (χ1) is 14.2. The van der Waals surface area contributed by atoms with Crippen LogP contribution in [0.3, 0.4) is 0 Å². The van der Waals surface area contributed by atoms with E-state index in [1.807, 2.05) is 0 Å². The van der Waals surface area contributed by atoms with E-state index in [4.69, 9.17) is 8.85 Å². The van der Waals surface area contributed by atoms with Gasteiger partial charge in [-0.2, -0.15) is 0 Å². The van der Waals surface area contributed by atoms with Crippen molar-refractivity contribution < 1.29 is 8.85 Å². The Morgan fingerprint density at radius 2 is 1.39 bits per heavy atom. The SMILES string of the molecule is C[C@H](O[Si](C)(C)C)C1CCC2C3CC[C@H]4C[C@H](O[Si](C)(C)C)CCC4(C)C3CCC21C. The Balaban J connectivity index is 1.48. The van der Waals surface area contributed by atoms with Crippen LogP contribution in [0.1, 0.15) is 78.6 Å². The summed E-state index contributed by atoms with van der Waals surface area (Å²) >= 11 is 0. The lowest BCUT2D eigenvalue weighted by Crippen LogP contribution is -2.55. The van der Waals surface area contributed by atoms with Crippen molar-refractivity contribution >= 4 is 16.6 Å². The molecule has 0 aromatic carbocycles. The van der Waals surface area contributed by atoms with Crippen molar-refractivity contribution in [3.05, 3.63) is 0 Å². The molecule has 4 rings (SSSR count). The topological polar surface area (TPSA) is 18.5 Å². The Morgan fingerprint density at radius 3 is 2.03 bits per heavy atom. The predicted octanol–water partition coefficient (Wildman–Crippen LogP) is 8.11. The van der Waals surface area contributed by atoms with Gasteiger partial charge in [-0.1, -0.05) is 13.8 Å². The van der Waals surface area contributed by atoms with E-state index in [1.54, 1.807) is 0 Å². The van der Waals surface area contributed by atoms with E-state index >= 15 is 0 Å². The van der Waals surface area contributed by atoms with Gasteiger partial charge in [0, 0.05) is 12.2 Å². The minimum Gasteiger partial charge on any atom is -0.415 e. The van der Waals surface area contributed by atoms with Crippen LogP contribution in [0.15, 0.2) is 0 Å². The fraction of sp³-hybridized carbons (Fsp3) is 1.00. The summed E-state index contributed by atoms with van der Waals surface area (Å²) in [5.41, 5.74) is 1.09. The molecule has 0 aliphatic heterocycles. The summed E-state index contributed by atoms with van der Waals surface area (Å²) in [6.45, 7) is 21.9. The van der Waals surface area contributed by atoms with Crippen LogP contribution in [0.4, 0.5) is 0 Å². The molecule has 0 N–H and O–H groups in total. The third-order valence-corrected chi connectivity index (χ3v) is 12.4. The second kappa shape index (κ2) is 8.24. The van der Waals surface area contributed by atoms with Crippen molar-refractivity contribution in [2.45, 2.75) is 130 Å². The third-order valence-electron chi connectivity index (χ3n) is 10.3. The van der Waals surface area contributed by atoms with Gasteiger partial charge in [0.2, 0.25) is 0 Å². The average molecular weight is 465 g/mol. The van der Waals surface area contributed by atoms with E-state index in [2.05, 4.69) is 60.1 Å². The Labute approximate surface area is 195 Å². The molecule has 9 atom stereocenters. The highest BCUT2D eigenvalue weighted by Gasteiger charge is 2.61. The van der Waals surface area contributed by atoms with Crippen LogP contribution < -0.4 is 0 Å². The molecule has 0 radical (unpaired) electrons. The molecule has 0 saturated heterocycles. The van der Waals surface area contributed by atoms with Crippen LogP contribution in [-0.4, -0.2) is 28.8 Å². The number of hydrogen-bond acceptors (Lipinski definition) is 2. The molecule has 4 aliphatic carbocycles. The number of rotatable bonds is 5. The molecule has 4 saturated carbocycles. The molecule has 180 valence electrons. The van der Waals surface area contributed by atoms with Crippen LogP contribution in [0.25, 0.3) is 0 Å². The van der Waals surface area contributed by atoms with E-state index in [9.17, 15) is 0 Å². The van der Waals surface area contributed by atoms with Gasteiger partial charge in [-0.05, 0) is 144 Å². The zero-order valence-electron chi connectivity index (χ0n) is 22.2. The first-order valence-electron chi connectivity index (χ1n) is 13.6. The average Bonchev–Trinajstić information content (AvgIpc) is 2.97. The van der Waals surface area contributed by atoms with E-state index in [-0.39, 0.29) is 0 Å². The largest absolute Gasteiger partial charge is 0.415 e. The predicted molar refractivity (Wildman–Crippen MR) is 137 cm³/mol. The number of fused-ring (bicyclic) bond motifs is 5. The second-order valence-electron chi connectivity index (χ2n) is 14.4. The third kappa shape index (κ3) is 4.66. The van der Waals surface area contributed by atoms with Crippen molar-refractivity contribution in [2.75, 3.05) is 0 Å². The van der Waals surface area contributed by atoms with E-state index in [0.717, 1.165) is 29.6 Å². The molecule has 0 amide bonds. The van der Waals surface area contributed by atoms with Crippen LogP contribution >= 0.6 is 0 Å². The van der Waals surface area contributed by atoms with Crippen LogP contribution in [0.2, 0.25) is 39.3 Å². The van der Waals surface area contributed by atoms with Gasteiger partial charge in [0.05, 0.1) is 0 Å². The van der Waals surface area contributed by atoms with E-state index in [1.165, 1.54) is 57.8 Å². The molecule has 0 bridgehead atoms. The monoisotopic (exact) mass is 464 g/mol. The smallest absolute Gasteiger partial charge is 0.184 e. The maximum atomic E-state index is 6.66. The van der Waals surface area contributed by atoms with E-state index < -0.39 is 16.6 Å². The van der Waals surface area contributed by atoms with Crippen LogP contribution in [-0.2, 0) is 8.85 Å². The van der Waals surface area contributed by atoms with Gasteiger partial charge in [0.1, 0.15) is 0 Å². The summed E-state index contributed by atoms with van der Waals surface area (Å²) in [5, 5.41) is 0. The highest BCUT2D eigenvalue weighted by Crippen LogP contribution is 2.68. The zero-order chi connectivity index (χ0) is 22.8. The Morgan fingerprint density at radius 1 is 0.742 bits per heavy atom. The molecule has 0 aromatic heterocycles. The summed E-state index contributed by atoms with van der Waals surface area (Å²) in [6.07, 6.45) is 13.8. The van der Waals surface area contributed by atoms with Crippen molar-refractivity contribution in [2.24, 2.45) is 40.4 Å². The van der Waals surface area contributed by atoms with Crippen LogP contribution in [0, 0.1) is 40.4 Å². The van der Waals surface area contributed by atoms with Gasteiger partial charge < -0.3 is 8.85 Å². The van der Waals surface area contributed by atoms with Gasteiger partial charge in [0.25, 0.3) is 0 Å². The summed E-state index contributed by atoms with van der Waals surface area (Å²) < 4.78 is 13.3. The standard InChI is InChI=1S/C27H52O2Si2/c1-19(28-30(4,5)6)23-12-13-24-22-11-10-20-18-21(29-31(7,8)9)14-16-26(20,2)25(22)15-17-27(23,24)3/h19-25H,10-18H2,1-9H3/t19-,20-,21+,22?,23?,24?,25?,26?,27?/m0/s1. The molecule has 0 aromatic rings. The summed E-state index contributed by atoms with van der Waals surface area (Å²) in [6, 6.07) is 0. The molecule has 0 spiro atoms. The summed E-state index contributed by atoms with van der Waals surface area (Å²) in [4.78, 5) is 0. The van der Waals surface area contributed by atoms with Crippen molar-refractivity contribution in [1.29, 1.82) is 0 Å². The molecule has 4 aliphatic rings. The lowest BCUT2D eigenvalue weighted by atomic mass is 9.44. The lowest BCUT2D eigenvalue weighted by molar-refractivity contribution is -0.129. The van der Waals surface area contributed by atoms with Gasteiger partial charge >= 0.3 is 0 Å². The zero-order valence-corrected chi connectivity index (χ0v) is 24.2. The highest BCUT2D eigenvalue weighted by molar-refractivity contribution is 6.70. The maximum absolute atomic E-state index is 6.66. The van der Waals surface area contributed by atoms with Crippen LogP contribution in [0.5, 0.6) is 0 Å². The second-order valence-corrected chi connectivity index (χ2v) is 23.4. The molecule has 0 heterocycles. The Hall–Kier alpha value is 0.354. The molecular formula is C27H52O2Si2. The van der Waals surface area contributed by atoms with Gasteiger partial charge in [-0.15, -0.1) is 0 Å². The Kier molecular flexibility index (Phi) is 6.50. The van der Waals surface area contributed by atoms with Gasteiger partial charge in [-0.3, -0.25) is 0 Å². The maximum Gasteiger partial charge on any atom is 0.184 e. The summed E-state index contributed by atoms with van der Waals surface area (Å²) in [7, 11) is -2.91. The van der Waals surface area contributed by atoms with Gasteiger partial charge in [-0.25, -0.2) is 0 Å². The first-order valence-corrected chi connectivity index (χ1v) is 20.4. The summed E-state index contributed by atoms with van der Waals surface area (Å²) in [5.74, 6) is 4.55. The minimum atomic E-state index is -1.48. The molecule has 4 fully saturated rings. The quantitative estimate of drug-likeness (QED) is 0.382. The van der Waals surface area contributed by atoms with Crippen molar-refractivity contribution in [1.82, 2.24) is 0 Å². The number of hydrogen-bond donors (Lipinski definition) is 0. The normalized spacial score (nSPS) is 46.7.